The minimum atomic E-state index is -2.29. The summed E-state index contributed by atoms with van der Waals surface area (Å²) in [6.07, 6.45) is 0. The van der Waals surface area contributed by atoms with E-state index in [1.807, 2.05) is 60.7 Å². The van der Waals surface area contributed by atoms with Crippen molar-refractivity contribution >= 4 is 87.1 Å². The van der Waals surface area contributed by atoms with Gasteiger partial charge in [0, 0.05) is 43.2 Å². The number of benzene rings is 9. The topological polar surface area (TPSA) is 92.7 Å². The molecule has 8 heteroatoms. The Kier molecular flexibility index (Phi) is 7.28. The molecule has 12 aromatic rings. The normalized spacial score (nSPS) is 12.9. The molecule has 300 valence electrons. The van der Waals surface area contributed by atoms with Crippen LogP contribution in [0.2, 0.25) is 0 Å². The van der Waals surface area contributed by atoms with Crippen LogP contribution < -0.4 is 9.97 Å². The molecule has 3 aromatic heterocycles. The zero-order chi connectivity index (χ0) is 43.8. The summed E-state index contributed by atoms with van der Waals surface area (Å²) in [5.41, 5.74) is 7.87. The number of rotatable bonds is 1. The summed E-state index contributed by atoms with van der Waals surface area (Å²) in [7, 11) is 0. The Hall–Kier alpha value is -7.86. The summed E-state index contributed by atoms with van der Waals surface area (Å²) in [5, 5.41) is 11.8. The molecule has 0 saturated heterocycles. The van der Waals surface area contributed by atoms with Gasteiger partial charge < -0.3 is 24.9 Å². The fourth-order valence-electron chi connectivity index (χ4n) is 9.57. The molecule has 7 nitrogen and oxygen atoms in total. The van der Waals surface area contributed by atoms with Crippen LogP contribution in [-0.2, 0) is 21.1 Å². The first kappa shape index (κ1) is 33.7. The van der Waals surface area contributed by atoms with E-state index >= 15 is 0 Å². The van der Waals surface area contributed by atoms with Gasteiger partial charge in [0.05, 0.1) is 23.2 Å². The Morgan fingerprint density at radius 3 is 1.22 bits per heavy atom. The molecule has 0 aliphatic carbocycles. The monoisotopic (exact) mass is 999 g/mol. The van der Waals surface area contributed by atoms with Crippen molar-refractivity contribution in [2.45, 2.75) is 6.85 Å². The number of aryl methyl sites for hydroxylation is 1. The van der Waals surface area contributed by atoms with Crippen molar-refractivity contribution in [3.05, 3.63) is 175 Å². The molecule has 2 aliphatic rings. The van der Waals surface area contributed by atoms with Crippen molar-refractivity contribution in [2.75, 3.05) is 0 Å². The number of aromatic nitrogens is 7. The summed E-state index contributed by atoms with van der Waals surface area (Å²) in [6, 6.07) is 57.2. The van der Waals surface area contributed by atoms with E-state index in [9.17, 15) is 0 Å². The van der Waals surface area contributed by atoms with E-state index in [1.165, 1.54) is 0 Å². The molecule has 0 spiro atoms. The molecule has 0 atom stereocenters. The Labute approximate surface area is 384 Å². The maximum Gasteiger partial charge on any atom is 2.00 e. The summed E-state index contributed by atoms with van der Waals surface area (Å²) >= 11 is 0. The van der Waals surface area contributed by atoms with Crippen molar-refractivity contribution in [3.8, 4) is 56.5 Å². The molecular weight excluding hydrogens is 966 g/mol. The first-order valence-corrected chi connectivity index (χ1v) is 20.9. The second-order valence-corrected chi connectivity index (χ2v) is 16.4. The molecule has 0 N–H and O–H groups in total. The molecule has 64 heavy (non-hydrogen) atoms. The standard InChI is InChI=1S/C56H31N7.Pt/c1-30-18-20-31(21-19-30)48-49-40-22-32-10-2-4-12-34(32)24-42(40)51(57-49)59-53-44-26-36-14-6-8-16-38(36)28-46(44)55(61-53)63-56-47-29-39-17-9-7-15-37(39)27-45(47)54(62-56)60-52-43-25-35-13-5-3-11-33(35)23-41(43)50(48)58-52;/h2-29H,1H3;/q-2;+2/i1D3;. The maximum absolute atomic E-state index is 8.22. The molecule has 9 aromatic carbocycles. The fourth-order valence-corrected chi connectivity index (χ4v) is 9.57. The van der Waals surface area contributed by atoms with Crippen LogP contribution in [0.4, 0.5) is 0 Å². The fraction of sp³-hybridized carbons (Fsp3) is 0.0179. The van der Waals surface area contributed by atoms with Gasteiger partial charge in [0.2, 0.25) is 0 Å². The zero-order valence-electron chi connectivity index (χ0n) is 36.6. The minimum Gasteiger partial charge on any atom is -0.435 e. The van der Waals surface area contributed by atoms with Crippen LogP contribution in [0.15, 0.2) is 170 Å². The second kappa shape index (κ2) is 13.8. The molecule has 8 bridgehead atoms. The van der Waals surface area contributed by atoms with Crippen molar-refractivity contribution in [2.24, 2.45) is 0 Å². The number of hydrogen-bond donors (Lipinski definition) is 0. The molecule has 14 rings (SSSR count). The number of fused-ring (bicyclic) bond motifs is 24. The molecule has 2 aliphatic heterocycles. The van der Waals surface area contributed by atoms with Gasteiger partial charge >= 0.3 is 21.1 Å². The quantitative estimate of drug-likeness (QED) is 0.162. The minimum absolute atomic E-state index is 0. The zero-order valence-corrected chi connectivity index (χ0v) is 35.9. The van der Waals surface area contributed by atoms with Crippen LogP contribution in [0, 0.1) is 6.85 Å². The van der Waals surface area contributed by atoms with E-state index in [2.05, 4.69) is 97.1 Å². The third-order valence-electron chi connectivity index (χ3n) is 12.6. The first-order chi connectivity index (χ1) is 32.3. The summed E-state index contributed by atoms with van der Waals surface area (Å²) < 4.78 is 24.7. The molecule has 0 unspecified atom stereocenters. The van der Waals surface area contributed by atoms with Gasteiger partial charge in [-0.25, -0.2) is 9.97 Å². The van der Waals surface area contributed by atoms with Crippen LogP contribution in [0.3, 0.4) is 0 Å². The van der Waals surface area contributed by atoms with Gasteiger partial charge in [-0.05, 0) is 137 Å². The predicted molar refractivity (Wildman–Crippen MR) is 256 cm³/mol. The molecule has 0 radical (unpaired) electrons. The summed E-state index contributed by atoms with van der Waals surface area (Å²) in [6.45, 7) is -2.29. The third kappa shape index (κ3) is 5.54. The van der Waals surface area contributed by atoms with E-state index < -0.39 is 6.85 Å². The Balaban J connectivity index is 0.00000446. The van der Waals surface area contributed by atoms with Crippen molar-refractivity contribution in [1.29, 1.82) is 0 Å². The Morgan fingerprint density at radius 2 is 0.750 bits per heavy atom. The van der Waals surface area contributed by atoms with Gasteiger partial charge in [0.15, 0.2) is 0 Å². The second-order valence-electron chi connectivity index (χ2n) is 16.4. The van der Waals surface area contributed by atoms with Crippen LogP contribution in [-0.4, -0.2) is 24.9 Å². The first-order valence-electron chi connectivity index (χ1n) is 22.4. The largest absolute Gasteiger partial charge is 2.00 e. The van der Waals surface area contributed by atoms with E-state index in [-0.39, 0.29) is 26.6 Å². The Bertz CT molecular complexity index is 4290. The maximum atomic E-state index is 8.22. The molecule has 0 saturated carbocycles. The average molecular weight is 1000 g/mol. The van der Waals surface area contributed by atoms with Crippen LogP contribution in [0.1, 0.15) is 9.68 Å². The smallest absolute Gasteiger partial charge is 0.435 e. The van der Waals surface area contributed by atoms with Gasteiger partial charge in [0.25, 0.3) is 0 Å². The van der Waals surface area contributed by atoms with Crippen molar-refractivity contribution in [3.63, 3.8) is 0 Å². The third-order valence-corrected chi connectivity index (χ3v) is 12.6. The van der Waals surface area contributed by atoms with Crippen LogP contribution in [0.25, 0.3) is 144 Å². The average Bonchev–Trinajstić information content (AvgIpc) is 4.06. The van der Waals surface area contributed by atoms with Gasteiger partial charge in [-0.2, -0.15) is 0 Å². The predicted octanol–water partition coefficient (Wildman–Crippen LogP) is 13.3. The molecule has 0 fully saturated rings. The van der Waals surface area contributed by atoms with Gasteiger partial charge in [-0.15, -0.1) is 0 Å². The van der Waals surface area contributed by atoms with E-state index in [0.29, 0.717) is 45.6 Å². The Morgan fingerprint density at radius 1 is 0.375 bits per heavy atom. The van der Waals surface area contributed by atoms with Crippen LogP contribution in [0.5, 0.6) is 0 Å². The molecule has 0 amide bonds. The summed E-state index contributed by atoms with van der Waals surface area (Å²) in [5.74, 6) is 1.47. The van der Waals surface area contributed by atoms with E-state index in [0.717, 1.165) is 98.0 Å². The van der Waals surface area contributed by atoms with E-state index in [1.54, 1.807) is 12.1 Å². The number of hydrogen-bond acceptors (Lipinski definition) is 5. The van der Waals surface area contributed by atoms with Gasteiger partial charge in [-0.1, -0.05) is 127 Å². The SMILES string of the molecule is [2H]C([2H])([2H])c1ccc(-c2c3nc(nc4[n-]c(nc5nc(nc6[n-]c2c2cc7ccccc7cc62)-c2cc6ccccc6cc2-5)c2cc5ccccc5cc42)-c2cc4ccccc4cc2-3)cc1.[Pt+2]. The molecule has 5 heterocycles. The summed E-state index contributed by atoms with van der Waals surface area (Å²) in [4.78, 5) is 37.5. The van der Waals surface area contributed by atoms with Crippen molar-refractivity contribution < 1.29 is 25.2 Å². The number of nitrogens with zero attached hydrogens (tertiary/aromatic N) is 7. The van der Waals surface area contributed by atoms with Gasteiger partial charge in [-0.3, -0.25) is 0 Å². The van der Waals surface area contributed by atoms with Gasteiger partial charge in [0.1, 0.15) is 0 Å². The molecular formula is C56H31N7Pt. The van der Waals surface area contributed by atoms with Crippen LogP contribution >= 0.6 is 0 Å². The van der Waals surface area contributed by atoms with Crippen molar-refractivity contribution in [1.82, 2.24) is 34.9 Å². The van der Waals surface area contributed by atoms with E-state index in [4.69, 9.17) is 39.0 Å².